The standard InChI is InChI=1S/C13H18ClNO2/c1-3-4-5-13(16)15-9-10-6-7-11(17-2)8-12(10)14/h6-8H,3-5,9H2,1-2H3,(H,15,16). The molecular weight excluding hydrogens is 238 g/mol. The highest BCUT2D eigenvalue weighted by Gasteiger charge is 2.04. The van der Waals surface area contributed by atoms with Crippen LogP contribution in [0.5, 0.6) is 5.75 Å². The fourth-order valence-electron chi connectivity index (χ4n) is 1.42. The molecule has 1 aromatic rings. The van der Waals surface area contributed by atoms with Crippen molar-refractivity contribution >= 4 is 17.5 Å². The summed E-state index contributed by atoms with van der Waals surface area (Å²) in [5.74, 6) is 0.787. The van der Waals surface area contributed by atoms with E-state index in [1.807, 2.05) is 12.1 Å². The average Bonchev–Trinajstić information content (AvgIpc) is 2.34. The first-order valence-electron chi connectivity index (χ1n) is 5.76. The zero-order valence-corrected chi connectivity index (χ0v) is 11.0. The summed E-state index contributed by atoms with van der Waals surface area (Å²) < 4.78 is 5.06. The van der Waals surface area contributed by atoms with Gasteiger partial charge in [-0.1, -0.05) is 31.0 Å². The molecule has 0 saturated carbocycles. The summed E-state index contributed by atoms with van der Waals surface area (Å²) in [6.07, 6.45) is 2.52. The lowest BCUT2D eigenvalue weighted by molar-refractivity contribution is -0.121. The molecule has 0 radical (unpaired) electrons. The number of amides is 1. The maximum absolute atomic E-state index is 11.4. The molecule has 0 atom stereocenters. The quantitative estimate of drug-likeness (QED) is 0.848. The first kappa shape index (κ1) is 13.8. The van der Waals surface area contributed by atoms with Crippen molar-refractivity contribution in [1.82, 2.24) is 5.32 Å². The van der Waals surface area contributed by atoms with Crippen LogP contribution in [0.1, 0.15) is 31.7 Å². The summed E-state index contributed by atoms with van der Waals surface area (Å²) in [4.78, 5) is 11.4. The molecule has 0 heterocycles. The minimum absolute atomic E-state index is 0.0683. The smallest absolute Gasteiger partial charge is 0.220 e. The van der Waals surface area contributed by atoms with E-state index in [-0.39, 0.29) is 5.91 Å². The van der Waals surface area contributed by atoms with Crippen LogP contribution in [0.2, 0.25) is 5.02 Å². The molecule has 0 fully saturated rings. The largest absolute Gasteiger partial charge is 0.497 e. The van der Waals surface area contributed by atoms with Crippen molar-refractivity contribution < 1.29 is 9.53 Å². The minimum atomic E-state index is 0.0683. The molecule has 0 saturated heterocycles. The molecule has 0 aliphatic heterocycles. The Kier molecular flexibility index (Phi) is 5.84. The number of unbranched alkanes of at least 4 members (excludes halogenated alkanes) is 1. The average molecular weight is 256 g/mol. The van der Waals surface area contributed by atoms with Gasteiger partial charge in [0.15, 0.2) is 0 Å². The third-order valence-electron chi connectivity index (χ3n) is 2.49. The van der Waals surface area contributed by atoms with Gasteiger partial charge in [0.25, 0.3) is 0 Å². The minimum Gasteiger partial charge on any atom is -0.497 e. The Morgan fingerprint density at radius 1 is 1.47 bits per heavy atom. The van der Waals surface area contributed by atoms with Crippen LogP contribution in [0.4, 0.5) is 0 Å². The van der Waals surface area contributed by atoms with Crippen molar-refractivity contribution in [3.05, 3.63) is 28.8 Å². The fourth-order valence-corrected chi connectivity index (χ4v) is 1.66. The van der Waals surface area contributed by atoms with Crippen molar-refractivity contribution in [2.75, 3.05) is 7.11 Å². The molecule has 0 bridgehead atoms. The molecule has 1 rings (SSSR count). The van der Waals surface area contributed by atoms with E-state index in [4.69, 9.17) is 16.3 Å². The van der Waals surface area contributed by atoms with Gasteiger partial charge >= 0.3 is 0 Å². The van der Waals surface area contributed by atoms with E-state index in [1.54, 1.807) is 13.2 Å². The van der Waals surface area contributed by atoms with E-state index in [2.05, 4.69) is 12.2 Å². The van der Waals surface area contributed by atoms with Gasteiger partial charge < -0.3 is 10.1 Å². The van der Waals surface area contributed by atoms with Gasteiger partial charge in [0, 0.05) is 18.0 Å². The van der Waals surface area contributed by atoms with Crippen LogP contribution in [-0.4, -0.2) is 13.0 Å². The molecule has 0 unspecified atom stereocenters. The predicted octanol–water partition coefficient (Wildman–Crippen LogP) is 3.16. The topological polar surface area (TPSA) is 38.3 Å². The Balaban J connectivity index is 2.49. The molecule has 0 spiro atoms. The number of halogens is 1. The monoisotopic (exact) mass is 255 g/mol. The molecule has 1 amide bonds. The van der Waals surface area contributed by atoms with Gasteiger partial charge in [0.1, 0.15) is 5.75 Å². The Labute approximate surface area is 107 Å². The highest BCUT2D eigenvalue weighted by molar-refractivity contribution is 6.31. The molecule has 1 N–H and O–H groups in total. The van der Waals surface area contributed by atoms with Crippen molar-refractivity contribution in [3.63, 3.8) is 0 Å². The lowest BCUT2D eigenvalue weighted by atomic mass is 10.2. The third-order valence-corrected chi connectivity index (χ3v) is 2.85. The molecule has 0 aliphatic rings. The summed E-state index contributed by atoms with van der Waals surface area (Å²) in [5, 5.41) is 3.46. The van der Waals surface area contributed by atoms with E-state index >= 15 is 0 Å². The number of nitrogens with one attached hydrogen (secondary N) is 1. The SMILES string of the molecule is CCCCC(=O)NCc1ccc(OC)cc1Cl. The van der Waals surface area contributed by atoms with Crippen LogP contribution in [0.15, 0.2) is 18.2 Å². The summed E-state index contributed by atoms with van der Waals surface area (Å²) in [7, 11) is 1.60. The molecule has 3 nitrogen and oxygen atoms in total. The normalized spacial score (nSPS) is 10.1. The lowest BCUT2D eigenvalue weighted by Gasteiger charge is -2.08. The number of rotatable bonds is 6. The highest BCUT2D eigenvalue weighted by Crippen LogP contribution is 2.22. The number of hydrogen-bond acceptors (Lipinski definition) is 2. The number of carbonyl (C=O) groups excluding carboxylic acids is 1. The second kappa shape index (κ2) is 7.17. The number of benzene rings is 1. The molecule has 4 heteroatoms. The molecule has 94 valence electrons. The first-order chi connectivity index (χ1) is 8.17. The second-order valence-corrected chi connectivity index (χ2v) is 4.24. The van der Waals surface area contributed by atoms with Crippen LogP contribution >= 0.6 is 11.6 Å². The van der Waals surface area contributed by atoms with Crippen molar-refractivity contribution in [1.29, 1.82) is 0 Å². The van der Waals surface area contributed by atoms with Gasteiger partial charge in [-0.05, 0) is 24.1 Å². The zero-order valence-electron chi connectivity index (χ0n) is 10.3. The number of carbonyl (C=O) groups is 1. The van der Waals surface area contributed by atoms with Crippen molar-refractivity contribution in [2.45, 2.75) is 32.7 Å². The predicted molar refractivity (Wildman–Crippen MR) is 69.4 cm³/mol. The highest BCUT2D eigenvalue weighted by atomic mass is 35.5. The maximum atomic E-state index is 11.4. The Hall–Kier alpha value is -1.22. The van der Waals surface area contributed by atoms with Gasteiger partial charge in [-0.2, -0.15) is 0 Å². The van der Waals surface area contributed by atoms with Crippen LogP contribution in [0.3, 0.4) is 0 Å². The van der Waals surface area contributed by atoms with Crippen LogP contribution in [0.25, 0.3) is 0 Å². The lowest BCUT2D eigenvalue weighted by Crippen LogP contribution is -2.22. The first-order valence-corrected chi connectivity index (χ1v) is 6.14. The number of ether oxygens (including phenoxy) is 1. The third kappa shape index (κ3) is 4.65. The maximum Gasteiger partial charge on any atom is 0.220 e. The van der Waals surface area contributed by atoms with E-state index < -0.39 is 0 Å². The molecular formula is C13H18ClNO2. The molecule has 1 aromatic carbocycles. The van der Waals surface area contributed by atoms with Crippen LogP contribution < -0.4 is 10.1 Å². The number of hydrogen-bond donors (Lipinski definition) is 1. The Bertz CT molecular complexity index is 380. The summed E-state index contributed by atoms with van der Waals surface area (Å²) in [6.45, 7) is 2.53. The zero-order chi connectivity index (χ0) is 12.7. The Morgan fingerprint density at radius 2 is 2.24 bits per heavy atom. The van der Waals surface area contributed by atoms with Gasteiger partial charge in [-0.25, -0.2) is 0 Å². The molecule has 0 aromatic heterocycles. The van der Waals surface area contributed by atoms with Gasteiger partial charge in [0.05, 0.1) is 7.11 Å². The molecule has 0 aliphatic carbocycles. The second-order valence-electron chi connectivity index (χ2n) is 3.84. The van der Waals surface area contributed by atoms with E-state index in [0.29, 0.717) is 18.0 Å². The summed E-state index contributed by atoms with van der Waals surface area (Å²) in [5.41, 5.74) is 0.900. The molecule has 17 heavy (non-hydrogen) atoms. The van der Waals surface area contributed by atoms with Gasteiger partial charge in [0.2, 0.25) is 5.91 Å². The van der Waals surface area contributed by atoms with Crippen molar-refractivity contribution in [3.8, 4) is 5.75 Å². The Morgan fingerprint density at radius 3 is 2.82 bits per heavy atom. The number of methoxy groups -OCH3 is 1. The van der Waals surface area contributed by atoms with Crippen LogP contribution in [0, 0.1) is 0 Å². The van der Waals surface area contributed by atoms with Gasteiger partial charge in [-0.3, -0.25) is 4.79 Å². The van der Waals surface area contributed by atoms with E-state index in [0.717, 1.165) is 24.2 Å². The van der Waals surface area contributed by atoms with E-state index in [9.17, 15) is 4.79 Å². The van der Waals surface area contributed by atoms with E-state index in [1.165, 1.54) is 0 Å². The summed E-state index contributed by atoms with van der Waals surface area (Å²) in [6, 6.07) is 5.44. The summed E-state index contributed by atoms with van der Waals surface area (Å²) >= 11 is 6.06. The van der Waals surface area contributed by atoms with Crippen molar-refractivity contribution in [2.24, 2.45) is 0 Å². The van der Waals surface area contributed by atoms with Crippen LogP contribution in [-0.2, 0) is 11.3 Å². The fraction of sp³-hybridized carbons (Fsp3) is 0.462. The van der Waals surface area contributed by atoms with Gasteiger partial charge in [-0.15, -0.1) is 0 Å².